The van der Waals surface area contributed by atoms with Gasteiger partial charge in [0, 0.05) is 28.2 Å². The predicted octanol–water partition coefficient (Wildman–Crippen LogP) is 5.51. The summed E-state index contributed by atoms with van der Waals surface area (Å²) in [6.07, 6.45) is 3.90. The number of hydrogen-bond acceptors (Lipinski definition) is 3. The first-order valence-electron chi connectivity index (χ1n) is 8.58. The number of benzene rings is 2. The van der Waals surface area contributed by atoms with Gasteiger partial charge in [-0.15, -0.1) is 11.3 Å². The van der Waals surface area contributed by atoms with Crippen molar-refractivity contribution in [3.8, 4) is 22.4 Å². The summed E-state index contributed by atoms with van der Waals surface area (Å²) in [5.74, 6) is -0.398. The molecule has 0 aliphatic heterocycles. The molecule has 3 aromatic heterocycles. The average molecular weight is 374 g/mol. The molecule has 0 fully saturated rings. The Bertz CT molecular complexity index is 1290. The van der Waals surface area contributed by atoms with E-state index in [0.29, 0.717) is 11.1 Å². The van der Waals surface area contributed by atoms with Crippen LogP contribution in [0.25, 0.3) is 38.1 Å². The summed E-state index contributed by atoms with van der Waals surface area (Å²) in [5.41, 5.74) is 4.61. The number of fused-ring (bicyclic) bond motifs is 2. The highest BCUT2D eigenvalue weighted by atomic mass is 32.1. The third-order valence-corrected chi connectivity index (χ3v) is 5.69. The number of hydrogen-bond donors (Lipinski definition) is 1. The van der Waals surface area contributed by atoms with E-state index in [0.717, 1.165) is 22.5 Å². The topological polar surface area (TPSA) is 37.5 Å². The molecule has 0 amide bonds. The molecule has 0 unspecified atom stereocenters. The Labute approximate surface area is 159 Å². The lowest BCUT2D eigenvalue weighted by atomic mass is 10.0. The lowest BCUT2D eigenvalue weighted by molar-refractivity contribution is 0.276. The fourth-order valence-corrected chi connectivity index (χ4v) is 4.18. The number of rotatable bonds is 3. The molecular formula is C22H15FN2OS. The van der Waals surface area contributed by atoms with Crippen LogP contribution in [0.1, 0.15) is 5.56 Å². The number of nitrogens with zero attached hydrogens (tertiary/aromatic N) is 2. The van der Waals surface area contributed by atoms with Crippen molar-refractivity contribution in [3.05, 3.63) is 83.8 Å². The summed E-state index contributed by atoms with van der Waals surface area (Å²) in [6.45, 7) is -0.337. The van der Waals surface area contributed by atoms with Gasteiger partial charge < -0.3 is 9.51 Å². The van der Waals surface area contributed by atoms with Crippen LogP contribution in [0.15, 0.2) is 72.4 Å². The van der Waals surface area contributed by atoms with Gasteiger partial charge in [0.05, 0.1) is 12.3 Å². The lowest BCUT2D eigenvalue weighted by Crippen LogP contribution is -1.95. The first-order chi connectivity index (χ1) is 13.2. The Morgan fingerprint density at radius 3 is 2.78 bits per heavy atom. The van der Waals surface area contributed by atoms with Crippen molar-refractivity contribution >= 4 is 27.1 Å². The molecule has 132 valence electrons. The van der Waals surface area contributed by atoms with Crippen molar-refractivity contribution in [2.75, 3.05) is 0 Å². The molecule has 3 heterocycles. The highest BCUT2D eigenvalue weighted by Crippen LogP contribution is 2.29. The molecule has 0 aliphatic rings. The highest BCUT2D eigenvalue weighted by Gasteiger charge is 2.11. The van der Waals surface area contributed by atoms with Gasteiger partial charge in [0.1, 0.15) is 11.5 Å². The minimum Gasteiger partial charge on any atom is -0.392 e. The fraction of sp³-hybridized carbons (Fsp3) is 0.0455. The maximum atomic E-state index is 14.0. The molecule has 0 bridgehead atoms. The molecule has 5 rings (SSSR count). The molecule has 0 spiro atoms. The molecule has 5 heteroatoms. The number of pyridine rings is 1. The third kappa shape index (κ3) is 2.72. The highest BCUT2D eigenvalue weighted by molar-refractivity contribution is 7.17. The Morgan fingerprint density at radius 2 is 1.89 bits per heavy atom. The van der Waals surface area contributed by atoms with Crippen LogP contribution in [0.5, 0.6) is 0 Å². The van der Waals surface area contributed by atoms with E-state index in [4.69, 9.17) is 4.98 Å². The number of aliphatic hydroxyl groups is 1. The largest absolute Gasteiger partial charge is 0.392 e. The lowest BCUT2D eigenvalue weighted by Gasteiger charge is -2.09. The maximum absolute atomic E-state index is 14.0. The van der Waals surface area contributed by atoms with E-state index in [9.17, 15) is 9.50 Å². The Kier molecular flexibility index (Phi) is 3.77. The monoisotopic (exact) mass is 374 g/mol. The van der Waals surface area contributed by atoms with Gasteiger partial charge in [-0.1, -0.05) is 18.2 Å². The van der Waals surface area contributed by atoms with Crippen molar-refractivity contribution in [2.45, 2.75) is 6.61 Å². The number of imidazole rings is 1. The zero-order valence-corrected chi connectivity index (χ0v) is 15.1. The Morgan fingerprint density at radius 1 is 1.00 bits per heavy atom. The molecule has 0 saturated heterocycles. The first kappa shape index (κ1) is 16.2. The number of thiophene rings is 1. The second-order valence-electron chi connectivity index (χ2n) is 6.41. The SMILES string of the molecule is OCc1c(F)cccc1-c1ccc2nc(-c3ccc4sccc4c3)cn2c1. The van der Waals surface area contributed by atoms with Crippen molar-refractivity contribution in [3.63, 3.8) is 0 Å². The third-order valence-electron chi connectivity index (χ3n) is 4.79. The second kappa shape index (κ2) is 6.30. The van der Waals surface area contributed by atoms with Crippen LogP contribution >= 0.6 is 11.3 Å². The van der Waals surface area contributed by atoms with E-state index in [1.165, 1.54) is 16.2 Å². The first-order valence-corrected chi connectivity index (χ1v) is 9.46. The minimum absolute atomic E-state index is 0.306. The molecule has 27 heavy (non-hydrogen) atoms. The molecular weight excluding hydrogens is 359 g/mol. The van der Waals surface area contributed by atoms with E-state index in [2.05, 4.69) is 29.6 Å². The molecule has 5 aromatic rings. The summed E-state index contributed by atoms with van der Waals surface area (Å²) >= 11 is 1.72. The van der Waals surface area contributed by atoms with Gasteiger partial charge in [0.2, 0.25) is 0 Å². The van der Waals surface area contributed by atoms with Crippen LogP contribution in [-0.2, 0) is 6.61 Å². The summed E-state index contributed by atoms with van der Waals surface area (Å²) in [5, 5.41) is 12.8. The zero-order valence-electron chi connectivity index (χ0n) is 14.3. The van der Waals surface area contributed by atoms with Crippen molar-refractivity contribution in [1.82, 2.24) is 9.38 Å². The van der Waals surface area contributed by atoms with Gasteiger partial charge in [-0.05, 0) is 58.3 Å². The van der Waals surface area contributed by atoms with Crippen LogP contribution in [0.4, 0.5) is 4.39 Å². The standard InChI is InChI=1S/C22H15FN2OS/c23-19-3-1-2-17(18(19)13-26)16-5-7-22-24-20(12-25(22)11-16)14-4-6-21-15(10-14)8-9-27-21/h1-12,26H,13H2. The van der Waals surface area contributed by atoms with Gasteiger partial charge in [-0.2, -0.15) is 0 Å². The molecule has 2 aromatic carbocycles. The van der Waals surface area contributed by atoms with E-state index < -0.39 is 5.82 Å². The quantitative estimate of drug-likeness (QED) is 0.452. The van der Waals surface area contributed by atoms with E-state index in [1.807, 2.05) is 35.0 Å². The molecule has 0 saturated carbocycles. The van der Waals surface area contributed by atoms with Crippen LogP contribution in [0.3, 0.4) is 0 Å². The number of halogens is 1. The van der Waals surface area contributed by atoms with Gasteiger partial charge in [0.15, 0.2) is 0 Å². The van der Waals surface area contributed by atoms with Crippen molar-refractivity contribution in [1.29, 1.82) is 0 Å². The van der Waals surface area contributed by atoms with Gasteiger partial charge in [-0.25, -0.2) is 9.37 Å². The maximum Gasteiger partial charge on any atom is 0.137 e. The molecule has 3 nitrogen and oxygen atoms in total. The van der Waals surface area contributed by atoms with Gasteiger partial charge in [0.25, 0.3) is 0 Å². The second-order valence-corrected chi connectivity index (χ2v) is 7.35. The average Bonchev–Trinajstić information content (AvgIpc) is 3.33. The summed E-state index contributed by atoms with van der Waals surface area (Å²) in [6, 6.07) is 17.1. The summed E-state index contributed by atoms with van der Waals surface area (Å²) < 4.78 is 17.2. The van der Waals surface area contributed by atoms with Gasteiger partial charge >= 0.3 is 0 Å². The zero-order chi connectivity index (χ0) is 18.4. The van der Waals surface area contributed by atoms with E-state index in [1.54, 1.807) is 17.4 Å². The minimum atomic E-state index is -0.398. The van der Waals surface area contributed by atoms with E-state index >= 15 is 0 Å². The van der Waals surface area contributed by atoms with Gasteiger partial charge in [-0.3, -0.25) is 0 Å². The molecule has 0 radical (unpaired) electrons. The summed E-state index contributed by atoms with van der Waals surface area (Å²) in [4.78, 5) is 4.71. The molecule has 1 N–H and O–H groups in total. The molecule has 0 atom stereocenters. The van der Waals surface area contributed by atoms with Crippen LogP contribution < -0.4 is 0 Å². The van der Waals surface area contributed by atoms with Crippen molar-refractivity contribution < 1.29 is 9.50 Å². The van der Waals surface area contributed by atoms with Crippen molar-refractivity contribution in [2.24, 2.45) is 0 Å². The number of aromatic nitrogens is 2. The molecule has 0 aliphatic carbocycles. The Balaban J connectivity index is 1.62. The smallest absolute Gasteiger partial charge is 0.137 e. The van der Waals surface area contributed by atoms with Crippen LogP contribution in [0, 0.1) is 5.82 Å². The Hall–Kier alpha value is -3.02. The van der Waals surface area contributed by atoms with E-state index in [-0.39, 0.29) is 6.61 Å². The summed E-state index contributed by atoms with van der Waals surface area (Å²) in [7, 11) is 0. The predicted molar refractivity (Wildman–Crippen MR) is 107 cm³/mol. The normalized spacial score (nSPS) is 11.5. The fourth-order valence-electron chi connectivity index (χ4n) is 3.41. The van der Waals surface area contributed by atoms with Crippen LogP contribution in [0.2, 0.25) is 0 Å². The number of aliphatic hydroxyl groups excluding tert-OH is 1. The van der Waals surface area contributed by atoms with Crippen LogP contribution in [-0.4, -0.2) is 14.5 Å².